The van der Waals surface area contributed by atoms with E-state index in [9.17, 15) is 4.39 Å². The Bertz CT molecular complexity index is 595. The SMILES string of the molecule is Nc1cccc(F)c1CN1CCOc2ccccc2C1. The number of anilines is 1. The van der Waals surface area contributed by atoms with Gasteiger partial charge in [-0.15, -0.1) is 0 Å². The fraction of sp³-hybridized carbons (Fsp3) is 0.250. The van der Waals surface area contributed by atoms with Crippen LogP contribution < -0.4 is 10.5 Å². The van der Waals surface area contributed by atoms with Crippen LogP contribution in [-0.2, 0) is 13.1 Å². The second kappa shape index (κ2) is 5.51. The van der Waals surface area contributed by atoms with Crippen molar-refractivity contribution < 1.29 is 9.13 Å². The lowest BCUT2D eigenvalue weighted by molar-refractivity contribution is 0.218. The molecule has 0 saturated heterocycles. The van der Waals surface area contributed by atoms with Gasteiger partial charge < -0.3 is 10.5 Å². The van der Waals surface area contributed by atoms with Crippen molar-refractivity contribution >= 4 is 5.69 Å². The van der Waals surface area contributed by atoms with Crippen molar-refractivity contribution in [2.45, 2.75) is 13.1 Å². The molecule has 4 heteroatoms. The normalized spacial score (nSPS) is 15.2. The van der Waals surface area contributed by atoms with E-state index in [1.165, 1.54) is 6.07 Å². The monoisotopic (exact) mass is 272 g/mol. The molecule has 0 bridgehead atoms. The second-order valence-corrected chi connectivity index (χ2v) is 4.97. The Kier molecular flexibility index (Phi) is 3.56. The van der Waals surface area contributed by atoms with Crippen molar-refractivity contribution in [2.24, 2.45) is 0 Å². The van der Waals surface area contributed by atoms with Crippen LogP contribution in [0.3, 0.4) is 0 Å². The summed E-state index contributed by atoms with van der Waals surface area (Å²) < 4.78 is 19.6. The third-order valence-corrected chi connectivity index (χ3v) is 3.57. The number of benzene rings is 2. The zero-order chi connectivity index (χ0) is 13.9. The van der Waals surface area contributed by atoms with Gasteiger partial charge in [0.1, 0.15) is 18.2 Å². The van der Waals surface area contributed by atoms with E-state index >= 15 is 0 Å². The highest BCUT2D eigenvalue weighted by Gasteiger charge is 2.17. The molecule has 3 nitrogen and oxygen atoms in total. The molecule has 20 heavy (non-hydrogen) atoms. The maximum Gasteiger partial charge on any atom is 0.129 e. The number of hydrogen-bond acceptors (Lipinski definition) is 3. The number of fused-ring (bicyclic) bond motifs is 1. The smallest absolute Gasteiger partial charge is 0.129 e. The molecule has 1 aliphatic rings. The molecule has 2 N–H and O–H groups in total. The molecular formula is C16H17FN2O. The van der Waals surface area contributed by atoms with Crippen LogP contribution in [-0.4, -0.2) is 18.1 Å². The minimum Gasteiger partial charge on any atom is -0.492 e. The number of halogens is 1. The average Bonchev–Trinajstić information content (AvgIpc) is 2.64. The standard InChI is InChI=1S/C16H17FN2O/c17-14-5-3-6-15(18)13(14)11-19-8-9-20-16-7-2-1-4-12(16)10-19/h1-7H,8-11,18H2. The molecule has 2 aromatic carbocycles. The second-order valence-electron chi connectivity index (χ2n) is 4.97. The summed E-state index contributed by atoms with van der Waals surface area (Å²) in [5.41, 5.74) is 8.06. The maximum atomic E-state index is 13.9. The molecule has 0 fully saturated rings. The molecule has 0 aliphatic carbocycles. The summed E-state index contributed by atoms with van der Waals surface area (Å²) in [5, 5.41) is 0. The van der Waals surface area contributed by atoms with E-state index in [-0.39, 0.29) is 5.82 Å². The van der Waals surface area contributed by atoms with Gasteiger partial charge in [-0.1, -0.05) is 24.3 Å². The zero-order valence-electron chi connectivity index (χ0n) is 11.2. The van der Waals surface area contributed by atoms with E-state index in [2.05, 4.69) is 4.90 Å². The van der Waals surface area contributed by atoms with Crippen molar-refractivity contribution in [3.05, 3.63) is 59.4 Å². The highest BCUT2D eigenvalue weighted by molar-refractivity contribution is 5.47. The van der Waals surface area contributed by atoms with E-state index < -0.39 is 0 Å². The van der Waals surface area contributed by atoms with Crippen molar-refractivity contribution in [1.82, 2.24) is 4.90 Å². The summed E-state index contributed by atoms with van der Waals surface area (Å²) >= 11 is 0. The number of para-hydroxylation sites is 1. The highest BCUT2D eigenvalue weighted by Crippen LogP contribution is 2.25. The van der Waals surface area contributed by atoms with Gasteiger partial charge in [0.15, 0.2) is 0 Å². The van der Waals surface area contributed by atoms with Crippen LogP contribution in [0, 0.1) is 5.82 Å². The number of nitrogens with two attached hydrogens (primary N) is 1. The number of hydrogen-bond donors (Lipinski definition) is 1. The van der Waals surface area contributed by atoms with Gasteiger partial charge in [0.2, 0.25) is 0 Å². The van der Waals surface area contributed by atoms with Crippen LogP contribution in [0.4, 0.5) is 10.1 Å². The van der Waals surface area contributed by atoms with E-state index in [4.69, 9.17) is 10.5 Å². The molecule has 0 aromatic heterocycles. The van der Waals surface area contributed by atoms with Crippen LogP contribution in [0.1, 0.15) is 11.1 Å². The lowest BCUT2D eigenvalue weighted by Gasteiger charge is -2.20. The van der Waals surface area contributed by atoms with Crippen molar-refractivity contribution in [3.8, 4) is 5.75 Å². The molecule has 0 unspecified atom stereocenters. The zero-order valence-corrected chi connectivity index (χ0v) is 11.2. The number of ether oxygens (including phenoxy) is 1. The third kappa shape index (κ3) is 2.60. The Morgan fingerprint density at radius 3 is 2.85 bits per heavy atom. The van der Waals surface area contributed by atoms with E-state index in [0.29, 0.717) is 24.4 Å². The van der Waals surface area contributed by atoms with Crippen LogP contribution >= 0.6 is 0 Å². The molecule has 0 amide bonds. The van der Waals surface area contributed by atoms with Crippen LogP contribution in [0.15, 0.2) is 42.5 Å². The quantitative estimate of drug-likeness (QED) is 0.854. The molecule has 0 atom stereocenters. The van der Waals surface area contributed by atoms with Crippen molar-refractivity contribution in [2.75, 3.05) is 18.9 Å². The maximum absolute atomic E-state index is 13.9. The van der Waals surface area contributed by atoms with Crippen LogP contribution in [0.2, 0.25) is 0 Å². The number of rotatable bonds is 2. The van der Waals surface area contributed by atoms with Gasteiger partial charge in [-0.05, 0) is 18.2 Å². The van der Waals surface area contributed by atoms with Gasteiger partial charge in [-0.25, -0.2) is 4.39 Å². The molecule has 3 rings (SSSR count). The van der Waals surface area contributed by atoms with Gasteiger partial charge in [-0.2, -0.15) is 0 Å². The fourth-order valence-electron chi connectivity index (χ4n) is 2.48. The summed E-state index contributed by atoms with van der Waals surface area (Å²) in [6, 6.07) is 12.8. The van der Waals surface area contributed by atoms with E-state index in [0.717, 1.165) is 24.4 Å². The fourth-order valence-corrected chi connectivity index (χ4v) is 2.48. The molecule has 0 radical (unpaired) electrons. The largest absolute Gasteiger partial charge is 0.492 e. The first-order valence-corrected chi connectivity index (χ1v) is 6.70. The van der Waals surface area contributed by atoms with Crippen molar-refractivity contribution in [3.63, 3.8) is 0 Å². The summed E-state index contributed by atoms with van der Waals surface area (Å²) in [5.74, 6) is 0.667. The van der Waals surface area contributed by atoms with Gasteiger partial charge in [0.05, 0.1) is 0 Å². The molecule has 1 heterocycles. The van der Waals surface area contributed by atoms with Gasteiger partial charge in [-0.3, -0.25) is 4.90 Å². The molecule has 2 aromatic rings. The Morgan fingerprint density at radius 2 is 2.00 bits per heavy atom. The van der Waals surface area contributed by atoms with Gasteiger partial charge in [0.25, 0.3) is 0 Å². The first-order valence-electron chi connectivity index (χ1n) is 6.70. The number of nitrogen functional groups attached to an aromatic ring is 1. The minimum absolute atomic E-state index is 0.247. The third-order valence-electron chi connectivity index (χ3n) is 3.57. The highest BCUT2D eigenvalue weighted by atomic mass is 19.1. The topological polar surface area (TPSA) is 38.5 Å². The lowest BCUT2D eigenvalue weighted by Crippen LogP contribution is -2.26. The first-order chi connectivity index (χ1) is 9.74. The minimum atomic E-state index is -0.247. The Morgan fingerprint density at radius 1 is 1.15 bits per heavy atom. The molecular weight excluding hydrogens is 255 g/mol. The summed E-state index contributed by atoms with van der Waals surface area (Å²) in [4.78, 5) is 2.15. The Labute approximate surface area is 117 Å². The lowest BCUT2D eigenvalue weighted by atomic mass is 10.1. The van der Waals surface area contributed by atoms with E-state index in [1.54, 1.807) is 12.1 Å². The Balaban J connectivity index is 1.82. The average molecular weight is 272 g/mol. The molecule has 104 valence electrons. The molecule has 0 spiro atoms. The van der Waals surface area contributed by atoms with Crippen LogP contribution in [0.5, 0.6) is 5.75 Å². The van der Waals surface area contributed by atoms with Gasteiger partial charge >= 0.3 is 0 Å². The van der Waals surface area contributed by atoms with Gasteiger partial charge in [0, 0.05) is 36.4 Å². The summed E-state index contributed by atoms with van der Waals surface area (Å²) in [7, 11) is 0. The predicted molar refractivity (Wildman–Crippen MR) is 76.9 cm³/mol. The molecule has 0 saturated carbocycles. The predicted octanol–water partition coefficient (Wildman–Crippen LogP) is 2.80. The molecule has 1 aliphatic heterocycles. The van der Waals surface area contributed by atoms with Crippen molar-refractivity contribution in [1.29, 1.82) is 0 Å². The summed E-state index contributed by atoms with van der Waals surface area (Å²) in [6.45, 7) is 2.59. The number of nitrogens with zero attached hydrogens (tertiary/aromatic N) is 1. The van der Waals surface area contributed by atoms with E-state index in [1.807, 2.05) is 24.3 Å². The Hall–Kier alpha value is -2.07. The van der Waals surface area contributed by atoms with Crippen LogP contribution in [0.25, 0.3) is 0 Å². The first kappa shape index (κ1) is 12.9. The summed E-state index contributed by atoms with van der Waals surface area (Å²) in [6.07, 6.45) is 0.